The minimum atomic E-state index is -0.232. The van der Waals surface area contributed by atoms with Gasteiger partial charge in [-0.3, -0.25) is 4.79 Å². The fourth-order valence-electron chi connectivity index (χ4n) is 3.09. The van der Waals surface area contributed by atoms with E-state index in [4.69, 9.17) is 21.1 Å². The Hall–Kier alpha value is -3.18. The Balaban J connectivity index is 1.51. The van der Waals surface area contributed by atoms with Crippen LogP contribution in [0.3, 0.4) is 0 Å². The molecule has 0 radical (unpaired) electrons. The topological polar surface area (TPSA) is 59.6 Å². The molecule has 6 heteroatoms. The molecule has 0 aliphatic heterocycles. The average Bonchev–Trinajstić information content (AvgIpc) is 2.75. The van der Waals surface area contributed by atoms with E-state index < -0.39 is 0 Å². The first kappa shape index (κ1) is 22.5. The molecule has 0 aliphatic rings. The molecular weight excluding hydrogens is 412 g/mol. The monoisotopic (exact) mass is 438 g/mol. The number of aryl methyl sites for hydroxylation is 2. The van der Waals surface area contributed by atoms with Gasteiger partial charge in [0.05, 0.1) is 11.6 Å². The van der Waals surface area contributed by atoms with Crippen LogP contribution in [0.1, 0.15) is 23.6 Å². The van der Waals surface area contributed by atoms with Gasteiger partial charge in [0.1, 0.15) is 11.5 Å². The van der Waals surface area contributed by atoms with Gasteiger partial charge in [-0.05, 0) is 74.4 Å². The van der Waals surface area contributed by atoms with Crippen LogP contribution < -0.4 is 20.1 Å². The molecule has 3 rings (SSSR count). The molecule has 0 saturated carbocycles. The fraction of sp³-hybridized carbons (Fsp3) is 0.240. The van der Waals surface area contributed by atoms with Gasteiger partial charge in [-0.1, -0.05) is 35.4 Å². The molecule has 31 heavy (non-hydrogen) atoms. The summed E-state index contributed by atoms with van der Waals surface area (Å²) in [7, 11) is 0. The van der Waals surface area contributed by atoms with Gasteiger partial charge in [-0.25, -0.2) is 0 Å². The van der Waals surface area contributed by atoms with Crippen LogP contribution in [0.2, 0.25) is 5.02 Å². The summed E-state index contributed by atoms with van der Waals surface area (Å²) in [5, 5.41) is 6.67. The fourth-order valence-corrected chi connectivity index (χ4v) is 3.35. The van der Waals surface area contributed by atoms with Crippen LogP contribution in [0.5, 0.6) is 11.5 Å². The minimum Gasteiger partial charge on any atom is -0.494 e. The maximum atomic E-state index is 12.2. The number of amides is 1. The third-order valence-corrected chi connectivity index (χ3v) is 4.97. The number of hydrogen-bond acceptors (Lipinski definition) is 4. The highest BCUT2D eigenvalue weighted by molar-refractivity contribution is 6.32. The van der Waals surface area contributed by atoms with Gasteiger partial charge >= 0.3 is 0 Å². The summed E-state index contributed by atoms with van der Waals surface area (Å²) >= 11 is 6.35. The van der Waals surface area contributed by atoms with Crippen LogP contribution in [0.15, 0.2) is 60.7 Å². The Morgan fingerprint density at radius 1 is 0.968 bits per heavy atom. The molecule has 0 saturated heterocycles. The number of nitrogens with one attached hydrogen (secondary N) is 2. The molecule has 0 aromatic heterocycles. The van der Waals surface area contributed by atoms with Crippen molar-refractivity contribution >= 4 is 28.9 Å². The van der Waals surface area contributed by atoms with Crippen molar-refractivity contribution in [2.75, 3.05) is 23.8 Å². The number of carbonyl (C=O) groups excluding carboxylic acids is 1. The highest BCUT2D eigenvalue weighted by atomic mass is 35.5. The van der Waals surface area contributed by atoms with Crippen LogP contribution in [0.4, 0.5) is 11.4 Å². The number of hydrogen-bond donors (Lipinski definition) is 2. The number of halogens is 1. The molecular formula is C25H27ClN2O3. The standard InChI is InChI=1S/C25H27ClN2O3/c1-4-30-21-9-7-20(8-10-21)27-15-19-6-12-24(22(26)14-19)31-16-25(29)28-23-11-5-17(2)13-18(23)3/h5-14,27H,4,15-16H2,1-3H3,(H,28,29). The molecule has 1 amide bonds. The zero-order valence-electron chi connectivity index (χ0n) is 18.0. The van der Waals surface area contributed by atoms with E-state index in [1.165, 1.54) is 0 Å². The predicted molar refractivity (Wildman–Crippen MR) is 126 cm³/mol. The van der Waals surface area contributed by atoms with Crippen molar-refractivity contribution in [3.8, 4) is 11.5 Å². The smallest absolute Gasteiger partial charge is 0.262 e. The van der Waals surface area contributed by atoms with Crippen molar-refractivity contribution in [3.05, 3.63) is 82.4 Å². The molecule has 3 aromatic rings. The molecule has 162 valence electrons. The largest absolute Gasteiger partial charge is 0.494 e. The summed E-state index contributed by atoms with van der Waals surface area (Å²) < 4.78 is 11.1. The van der Waals surface area contributed by atoms with Gasteiger partial charge in [-0.2, -0.15) is 0 Å². The van der Waals surface area contributed by atoms with Gasteiger partial charge in [0.15, 0.2) is 6.61 Å². The van der Waals surface area contributed by atoms with Gasteiger partial charge in [0.2, 0.25) is 0 Å². The second kappa shape index (κ2) is 10.7. The van der Waals surface area contributed by atoms with Crippen LogP contribution >= 0.6 is 11.6 Å². The molecule has 0 heterocycles. The molecule has 0 bridgehead atoms. The van der Waals surface area contributed by atoms with Gasteiger partial charge in [-0.15, -0.1) is 0 Å². The quantitative estimate of drug-likeness (QED) is 0.431. The van der Waals surface area contributed by atoms with Gasteiger partial charge in [0, 0.05) is 17.9 Å². The summed E-state index contributed by atoms with van der Waals surface area (Å²) in [5.41, 5.74) is 4.93. The Morgan fingerprint density at radius 3 is 2.42 bits per heavy atom. The minimum absolute atomic E-state index is 0.114. The molecule has 0 unspecified atom stereocenters. The molecule has 0 spiro atoms. The van der Waals surface area contributed by atoms with Crippen molar-refractivity contribution < 1.29 is 14.3 Å². The van der Waals surface area contributed by atoms with E-state index in [0.29, 0.717) is 23.9 Å². The molecule has 0 atom stereocenters. The zero-order chi connectivity index (χ0) is 22.2. The average molecular weight is 439 g/mol. The van der Waals surface area contributed by atoms with E-state index in [1.54, 1.807) is 6.07 Å². The lowest BCUT2D eigenvalue weighted by Crippen LogP contribution is -2.20. The Labute approximate surface area is 188 Å². The molecule has 5 nitrogen and oxygen atoms in total. The molecule has 0 fully saturated rings. The first-order valence-corrected chi connectivity index (χ1v) is 10.6. The summed E-state index contributed by atoms with van der Waals surface area (Å²) in [5.74, 6) is 1.09. The Morgan fingerprint density at radius 2 is 1.74 bits per heavy atom. The number of benzene rings is 3. The van der Waals surface area contributed by atoms with Crippen LogP contribution in [0.25, 0.3) is 0 Å². The number of ether oxygens (including phenoxy) is 2. The first-order chi connectivity index (χ1) is 14.9. The van der Waals surface area contributed by atoms with Crippen molar-refractivity contribution in [2.24, 2.45) is 0 Å². The van der Waals surface area contributed by atoms with Crippen LogP contribution in [0, 0.1) is 13.8 Å². The van der Waals surface area contributed by atoms with E-state index in [1.807, 2.05) is 75.4 Å². The third kappa shape index (κ3) is 6.66. The van der Waals surface area contributed by atoms with Crippen LogP contribution in [-0.4, -0.2) is 19.1 Å². The molecule has 3 aromatic carbocycles. The normalized spacial score (nSPS) is 10.5. The Kier molecular flexibility index (Phi) is 7.79. The first-order valence-electron chi connectivity index (χ1n) is 10.2. The highest BCUT2D eigenvalue weighted by Gasteiger charge is 2.09. The lowest BCUT2D eigenvalue weighted by Gasteiger charge is -2.12. The van der Waals surface area contributed by atoms with Crippen molar-refractivity contribution in [1.82, 2.24) is 0 Å². The number of carbonyl (C=O) groups is 1. The van der Waals surface area contributed by atoms with E-state index in [2.05, 4.69) is 10.6 Å². The van der Waals surface area contributed by atoms with E-state index >= 15 is 0 Å². The highest BCUT2D eigenvalue weighted by Crippen LogP contribution is 2.26. The zero-order valence-corrected chi connectivity index (χ0v) is 18.8. The Bertz CT molecular complexity index is 1040. The summed E-state index contributed by atoms with van der Waals surface area (Å²) in [6.45, 7) is 7.08. The summed E-state index contributed by atoms with van der Waals surface area (Å²) in [6, 6.07) is 19.2. The number of anilines is 2. The van der Waals surface area contributed by atoms with E-state index in [-0.39, 0.29) is 12.5 Å². The van der Waals surface area contributed by atoms with Crippen molar-refractivity contribution in [3.63, 3.8) is 0 Å². The maximum Gasteiger partial charge on any atom is 0.262 e. The van der Waals surface area contributed by atoms with Crippen LogP contribution in [-0.2, 0) is 11.3 Å². The molecule has 2 N–H and O–H groups in total. The predicted octanol–water partition coefficient (Wildman–Crippen LogP) is 5.99. The lowest BCUT2D eigenvalue weighted by molar-refractivity contribution is -0.118. The number of rotatable bonds is 9. The summed E-state index contributed by atoms with van der Waals surface area (Å²) in [6.07, 6.45) is 0. The maximum absolute atomic E-state index is 12.2. The molecule has 0 aliphatic carbocycles. The van der Waals surface area contributed by atoms with Crippen molar-refractivity contribution in [2.45, 2.75) is 27.3 Å². The lowest BCUT2D eigenvalue weighted by atomic mass is 10.1. The SMILES string of the molecule is CCOc1ccc(NCc2ccc(OCC(=O)Nc3ccc(C)cc3C)c(Cl)c2)cc1. The van der Waals surface area contributed by atoms with Gasteiger partial charge in [0.25, 0.3) is 5.91 Å². The second-order valence-corrected chi connectivity index (χ2v) is 7.64. The third-order valence-electron chi connectivity index (χ3n) is 4.67. The summed E-state index contributed by atoms with van der Waals surface area (Å²) in [4.78, 5) is 12.2. The van der Waals surface area contributed by atoms with Gasteiger partial charge < -0.3 is 20.1 Å². The van der Waals surface area contributed by atoms with E-state index in [9.17, 15) is 4.79 Å². The second-order valence-electron chi connectivity index (χ2n) is 7.23. The van der Waals surface area contributed by atoms with E-state index in [0.717, 1.165) is 33.8 Å². The van der Waals surface area contributed by atoms with Crippen molar-refractivity contribution in [1.29, 1.82) is 0 Å².